The summed E-state index contributed by atoms with van der Waals surface area (Å²) in [5, 5.41) is 5.77. The first-order valence-electron chi connectivity index (χ1n) is 5.76. The number of carbonyl (C=O) groups excluding carboxylic acids is 2. The normalized spacial score (nSPS) is 15.8. The molecular weight excluding hydrogens is 458 g/mol. The van der Waals surface area contributed by atoms with Crippen LogP contribution in [0.15, 0.2) is 0 Å². The summed E-state index contributed by atoms with van der Waals surface area (Å²) in [4.78, 5) is 23.9. The minimum absolute atomic E-state index is 0.105. The number of hydrogen-bond acceptors (Lipinski definition) is 2. The fourth-order valence-corrected chi connectivity index (χ4v) is 2.11. The van der Waals surface area contributed by atoms with Crippen LogP contribution >= 0.6 is 45.2 Å². The summed E-state index contributed by atoms with van der Waals surface area (Å²) < 4.78 is -0.769. The van der Waals surface area contributed by atoms with E-state index in [2.05, 4.69) is 10.6 Å². The molecule has 0 heterocycles. The lowest BCUT2D eigenvalue weighted by atomic mass is 10.1. The quantitative estimate of drug-likeness (QED) is 0.482. The van der Waals surface area contributed by atoms with E-state index >= 15 is 0 Å². The van der Waals surface area contributed by atoms with E-state index in [4.69, 9.17) is 0 Å². The number of amides is 2. The lowest BCUT2D eigenvalue weighted by molar-refractivity contribution is -0.126. The minimum atomic E-state index is -0.384. The van der Waals surface area contributed by atoms with Crippen molar-refractivity contribution in [2.45, 2.75) is 60.5 Å². The fraction of sp³-hybridized carbons (Fsp3) is 0.833. The standard InChI is InChI=1S/C12H22I2N2O2/c1-11(2,3)15-9(17)7(13)8(14)10(18)16-12(4,5)6/h7-8H,1-6H3,(H,15,17)(H,16,18). The molecule has 4 nitrogen and oxygen atoms in total. The molecule has 0 aliphatic rings. The average Bonchev–Trinajstić information content (AvgIpc) is 2.09. The molecule has 0 spiro atoms. The Kier molecular flexibility index (Phi) is 6.86. The molecule has 0 aromatic carbocycles. The van der Waals surface area contributed by atoms with E-state index in [0.29, 0.717) is 0 Å². The molecule has 0 aliphatic carbocycles. The SMILES string of the molecule is CC(C)(C)NC(=O)C(I)C(I)C(=O)NC(C)(C)C. The molecule has 18 heavy (non-hydrogen) atoms. The van der Waals surface area contributed by atoms with Crippen LogP contribution in [-0.4, -0.2) is 30.7 Å². The maximum absolute atomic E-state index is 12.0. The Bertz CT molecular complexity index is 287. The van der Waals surface area contributed by atoms with Crippen LogP contribution in [0.25, 0.3) is 0 Å². The van der Waals surface area contributed by atoms with Gasteiger partial charge in [0.05, 0.1) is 0 Å². The molecule has 0 bridgehead atoms. The molecule has 0 fully saturated rings. The molecule has 6 heteroatoms. The Morgan fingerprint density at radius 2 is 1.00 bits per heavy atom. The zero-order valence-corrected chi connectivity index (χ0v) is 16.0. The van der Waals surface area contributed by atoms with E-state index in [1.807, 2.05) is 86.7 Å². The van der Waals surface area contributed by atoms with Gasteiger partial charge in [0.1, 0.15) is 7.85 Å². The number of halogens is 2. The molecular formula is C12H22I2N2O2. The summed E-state index contributed by atoms with van der Waals surface area (Å²) in [6.45, 7) is 11.5. The summed E-state index contributed by atoms with van der Waals surface area (Å²) in [5.74, 6) is -0.210. The molecule has 0 aromatic heterocycles. The molecule has 2 N–H and O–H groups in total. The lowest BCUT2D eigenvalue weighted by Gasteiger charge is -2.26. The molecule has 0 radical (unpaired) electrons. The van der Waals surface area contributed by atoms with E-state index in [1.165, 1.54) is 0 Å². The second kappa shape index (κ2) is 6.71. The average molecular weight is 480 g/mol. The topological polar surface area (TPSA) is 58.2 Å². The first-order valence-corrected chi connectivity index (χ1v) is 8.25. The van der Waals surface area contributed by atoms with Crippen molar-refractivity contribution in [1.29, 1.82) is 0 Å². The van der Waals surface area contributed by atoms with Gasteiger partial charge in [0, 0.05) is 11.1 Å². The summed E-state index contributed by atoms with van der Waals surface area (Å²) in [5.41, 5.74) is -0.561. The van der Waals surface area contributed by atoms with Crippen molar-refractivity contribution in [1.82, 2.24) is 10.6 Å². The van der Waals surface area contributed by atoms with E-state index < -0.39 is 0 Å². The summed E-state index contributed by atoms with van der Waals surface area (Å²) in [7, 11) is 0. The predicted molar refractivity (Wildman–Crippen MR) is 91.4 cm³/mol. The molecule has 106 valence electrons. The molecule has 0 aliphatic heterocycles. The van der Waals surface area contributed by atoms with E-state index in [-0.39, 0.29) is 30.7 Å². The molecule has 0 saturated heterocycles. The molecule has 2 unspecified atom stereocenters. The third-order valence-corrected chi connectivity index (χ3v) is 5.70. The van der Waals surface area contributed by atoms with Crippen molar-refractivity contribution >= 4 is 57.0 Å². The second-order valence-corrected chi connectivity index (χ2v) is 8.97. The van der Waals surface area contributed by atoms with Gasteiger partial charge in [-0.15, -0.1) is 0 Å². The third kappa shape index (κ3) is 7.75. The Morgan fingerprint density at radius 1 is 0.778 bits per heavy atom. The van der Waals surface area contributed by atoms with Crippen LogP contribution in [0.3, 0.4) is 0 Å². The van der Waals surface area contributed by atoms with Crippen LogP contribution in [0.2, 0.25) is 0 Å². The van der Waals surface area contributed by atoms with E-state index in [9.17, 15) is 9.59 Å². The van der Waals surface area contributed by atoms with Crippen LogP contribution in [0.1, 0.15) is 41.5 Å². The molecule has 0 aromatic rings. The van der Waals surface area contributed by atoms with Crippen LogP contribution < -0.4 is 10.6 Å². The Hall–Kier alpha value is 0.400. The monoisotopic (exact) mass is 480 g/mol. The van der Waals surface area contributed by atoms with Crippen molar-refractivity contribution in [2.75, 3.05) is 0 Å². The van der Waals surface area contributed by atoms with Crippen molar-refractivity contribution in [3.63, 3.8) is 0 Å². The predicted octanol–water partition coefficient (Wildman–Crippen LogP) is 2.42. The number of nitrogens with one attached hydrogen (secondary N) is 2. The van der Waals surface area contributed by atoms with Gasteiger partial charge in [0.15, 0.2) is 0 Å². The Labute approximate surface area is 137 Å². The van der Waals surface area contributed by atoms with Crippen molar-refractivity contribution in [3.8, 4) is 0 Å². The maximum Gasteiger partial charge on any atom is 0.234 e. The fourth-order valence-electron chi connectivity index (χ4n) is 1.14. The van der Waals surface area contributed by atoms with Crippen LogP contribution in [0.5, 0.6) is 0 Å². The summed E-state index contributed by atoms with van der Waals surface area (Å²) in [6, 6.07) is 0. The summed E-state index contributed by atoms with van der Waals surface area (Å²) >= 11 is 4.04. The van der Waals surface area contributed by atoms with Gasteiger partial charge in [-0.1, -0.05) is 45.2 Å². The Balaban J connectivity index is 4.55. The maximum atomic E-state index is 12.0. The largest absolute Gasteiger partial charge is 0.351 e. The van der Waals surface area contributed by atoms with Gasteiger partial charge in [-0.2, -0.15) is 0 Å². The lowest BCUT2D eigenvalue weighted by Crippen LogP contribution is -2.51. The zero-order valence-electron chi connectivity index (χ0n) is 11.7. The zero-order chi connectivity index (χ0) is 14.7. The Morgan fingerprint density at radius 3 is 1.17 bits per heavy atom. The molecule has 2 atom stereocenters. The van der Waals surface area contributed by atoms with Gasteiger partial charge >= 0.3 is 0 Å². The van der Waals surface area contributed by atoms with Gasteiger partial charge in [-0.05, 0) is 41.5 Å². The van der Waals surface area contributed by atoms with Crippen molar-refractivity contribution in [2.24, 2.45) is 0 Å². The highest BCUT2D eigenvalue weighted by molar-refractivity contribution is 14.1. The third-order valence-electron chi connectivity index (χ3n) is 1.75. The van der Waals surface area contributed by atoms with Crippen LogP contribution in [-0.2, 0) is 9.59 Å². The van der Waals surface area contributed by atoms with E-state index in [0.717, 1.165) is 0 Å². The van der Waals surface area contributed by atoms with Gasteiger partial charge in [0.25, 0.3) is 0 Å². The highest BCUT2D eigenvalue weighted by Crippen LogP contribution is 2.18. The van der Waals surface area contributed by atoms with Crippen molar-refractivity contribution < 1.29 is 9.59 Å². The van der Waals surface area contributed by atoms with Gasteiger partial charge < -0.3 is 10.6 Å². The minimum Gasteiger partial charge on any atom is -0.351 e. The highest BCUT2D eigenvalue weighted by atomic mass is 127. The van der Waals surface area contributed by atoms with E-state index in [1.54, 1.807) is 0 Å². The van der Waals surface area contributed by atoms with Crippen LogP contribution in [0.4, 0.5) is 0 Å². The second-order valence-electron chi connectivity index (χ2n) is 6.28. The van der Waals surface area contributed by atoms with Crippen LogP contribution in [0, 0.1) is 0 Å². The molecule has 0 rings (SSSR count). The van der Waals surface area contributed by atoms with Gasteiger partial charge in [-0.25, -0.2) is 0 Å². The number of rotatable bonds is 3. The molecule has 2 amide bonds. The number of carbonyl (C=O) groups is 2. The first-order chi connectivity index (χ1) is 7.83. The summed E-state index contributed by atoms with van der Waals surface area (Å²) in [6.07, 6.45) is 0. The molecule has 0 saturated carbocycles. The smallest absolute Gasteiger partial charge is 0.234 e. The van der Waals surface area contributed by atoms with Crippen molar-refractivity contribution in [3.05, 3.63) is 0 Å². The number of alkyl halides is 2. The van der Waals surface area contributed by atoms with Gasteiger partial charge in [-0.3, -0.25) is 9.59 Å². The first kappa shape index (κ1) is 18.4. The van der Waals surface area contributed by atoms with Gasteiger partial charge in [0.2, 0.25) is 11.8 Å². The highest BCUT2D eigenvalue weighted by Gasteiger charge is 2.32. The number of hydrogen-bond donors (Lipinski definition) is 2.